The molecule has 5 heteroatoms. The first-order valence-corrected chi connectivity index (χ1v) is 8.60. The monoisotopic (exact) mass is 320 g/mol. The van der Waals surface area contributed by atoms with E-state index in [0.29, 0.717) is 6.61 Å². The number of rotatable bonds is 7. The lowest BCUT2D eigenvalue weighted by Gasteiger charge is -2.31. The third-order valence-electron chi connectivity index (χ3n) is 4.19. The van der Waals surface area contributed by atoms with Crippen LogP contribution in [0.4, 0.5) is 11.4 Å². The summed E-state index contributed by atoms with van der Waals surface area (Å²) in [7, 11) is 0. The molecule has 1 aromatic carbocycles. The van der Waals surface area contributed by atoms with E-state index < -0.39 is 0 Å². The molecule has 0 amide bonds. The van der Waals surface area contributed by atoms with Gasteiger partial charge in [-0.05, 0) is 50.5 Å². The summed E-state index contributed by atoms with van der Waals surface area (Å²) in [6.45, 7) is 6.05. The fourth-order valence-electron chi connectivity index (χ4n) is 2.87. The number of ether oxygens (including phenoxy) is 1. The molecule has 2 N–H and O–H groups in total. The number of esters is 1. The molecule has 128 valence electrons. The van der Waals surface area contributed by atoms with Gasteiger partial charge in [0.2, 0.25) is 0 Å². The van der Waals surface area contributed by atoms with Gasteiger partial charge in [-0.2, -0.15) is 0 Å². The molecule has 23 heavy (non-hydrogen) atoms. The highest BCUT2D eigenvalue weighted by atomic mass is 16.5. The Morgan fingerprint density at radius 3 is 2.52 bits per heavy atom. The molecule has 0 aliphatic carbocycles. The van der Waals surface area contributed by atoms with E-state index in [1.165, 1.54) is 0 Å². The third-order valence-corrected chi connectivity index (χ3v) is 4.19. The molecule has 1 atom stereocenters. The average Bonchev–Trinajstić information content (AvgIpc) is 2.56. The van der Waals surface area contributed by atoms with Crippen LogP contribution in [0.5, 0.6) is 0 Å². The van der Waals surface area contributed by atoms with Gasteiger partial charge in [0.15, 0.2) is 0 Å². The van der Waals surface area contributed by atoms with Crippen LogP contribution in [-0.2, 0) is 9.53 Å². The summed E-state index contributed by atoms with van der Waals surface area (Å²) in [5.41, 5.74) is 2.09. The van der Waals surface area contributed by atoms with Gasteiger partial charge >= 0.3 is 5.97 Å². The molecule has 1 aliphatic heterocycles. The van der Waals surface area contributed by atoms with Gasteiger partial charge in [-0.15, -0.1) is 0 Å². The second-order valence-electron chi connectivity index (χ2n) is 6.00. The molecule has 0 aromatic heterocycles. The minimum Gasteiger partial charge on any atom is -0.464 e. The summed E-state index contributed by atoms with van der Waals surface area (Å²) in [6.07, 6.45) is 3.16. The van der Waals surface area contributed by atoms with Crippen molar-refractivity contribution >= 4 is 17.3 Å². The van der Waals surface area contributed by atoms with Gasteiger partial charge in [-0.25, -0.2) is 4.79 Å². The lowest BCUT2D eigenvalue weighted by Crippen LogP contribution is -2.35. The molecule has 5 nitrogen and oxygen atoms in total. The second-order valence-corrected chi connectivity index (χ2v) is 6.00. The minimum atomic E-state index is -0.295. The van der Waals surface area contributed by atoms with Gasteiger partial charge in [0.1, 0.15) is 6.04 Å². The van der Waals surface area contributed by atoms with E-state index in [0.717, 1.165) is 50.1 Å². The lowest BCUT2D eigenvalue weighted by molar-refractivity contribution is -0.144. The Morgan fingerprint density at radius 1 is 1.30 bits per heavy atom. The van der Waals surface area contributed by atoms with Crippen molar-refractivity contribution < 1.29 is 14.6 Å². The zero-order valence-electron chi connectivity index (χ0n) is 14.1. The van der Waals surface area contributed by atoms with Crippen molar-refractivity contribution in [1.29, 1.82) is 0 Å². The molecular formula is C18H28N2O3. The third kappa shape index (κ3) is 5.13. The van der Waals surface area contributed by atoms with Crippen LogP contribution in [0.2, 0.25) is 0 Å². The van der Waals surface area contributed by atoms with Crippen LogP contribution >= 0.6 is 0 Å². The van der Waals surface area contributed by atoms with E-state index in [4.69, 9.17) is 4.74 Å². The maximum Gasteiger partial charge on any atom is 0.328 e. The number of nitrogens with one attached hydrogen (secondary N) is 1. The van der Waals surface area contributed by atoms with Crippen molar-refractivity contribution in [1.82, 2.24) is 0 Å². The van der Waals surface area contributed by atoms with Crippen LogP contribution in [0.1, 0.15) is 39.5 Å². The quantitative estimate of drug-likeness (QED) is 0.757. The Balaban J connectivity index is 1.96. The number of hydrogen-bond acceptors (Lipinski definition) is 5. The van der Waals surface area contributed by atoms with Crippen LogP contribution in [0.3, 0.4) is 0 Å². The van der Waals surface area contributed by atoms with Gasteiger partial charge in [0, 0.05) is 24.5 Å². The van der Waals surface area contributed by atoms with E-state index in [1.807, 2.05) is 19.1 Å². The minimum absolute atomic E-state index is 0.161. The Bertz CT molecular complexity index is 482. The van der Waals surface area contributed by atoms with E-state index in [9.17, 15) is 9.90 Å². The van der Waals surface area contributed by atoms with Crippen molar-refractivity contribution in [3.05, 3.63) is 24.3 Å². The van der Waals surface area contributed by atoms with Crippen LogP contribution in [0.15, 0.2) is 24.3 Å². The van der Waals surface area contributed by atoms with Gasteiger partial charge in [-0.1, -0.05) is 13.3 Å². The number of nitrogens with zero attached hydrogens (tertiary/aromatic N) is 1. The standard InChI is InChI=1S/C18H28N2O3/c1-3-5-17(18(22)23-4-2)19-14-6-8-15(9-7-14)20-12-10-16(21)11-13-20/h6-9,16-17,19,21H,3-5,10-13H2,1-2H3. The summed E-state index contributed by atoms with van der Waals surface area (Å²) >= 11 is 0. The van der Waals surface area contributed by atoms with Gasteiger partial charge in [0.25, 0.3) is 0 Å². The van der Waals surface area contributed by atoms with E-state index in [2.05, 4.69) is 29.3 Å². The molecule has 0 saturated carbocycles. The highest BCUT2D eigenvalue weighted by Crippen LogP contribution is 2.22. The molecule has 1 saturated heterocycles. The van der Waals surface area contributed by atoms with Gasteiger partial charge in [-0.3, -0.25) is 0 Å². The molecule has 1 aromatic rings. The van der Waals surface area contributed by atoms with Crippen LogP contribution in [-0.4, -0.2) is 42.9 Å². The second kappa shape index (κ2) is 8.77. The van der Waals surface area contributed by atoms with Crippen molar-refractivity contribution in [2.45, 2.75) is 51.7 Å². The van der Waals surface area contributed by atoms with Crippen molar-refractivity contribution in [3.63, 3.8) is 0 Å². The zero-order chi connectivity index (χ0) is 16.7. The number of piperidine rings is 1. The Labute approximate surface area is 138 Å². The molecule has 2 rings (SSSR count). The van der Waals surface area contributed by atoms with E-state index >= 15 is 0 Å². The summed E-state index contributed by atoms with van der Waals surface area (Å²) in [5, 5.41) is 12.9. The SMILES string of the molecule is CCCC(Nc1ccc(N2CCC(O)CC2)cc1)C(=O)OCC. The predicted octanol–water partition coefficient (Wildman–Crippen LogP) is 2.79. The Kier molecular flexibility index (Phi) is 6.71. The summed E-state index contributed by atoms with van der Waals surface area (Å²) in [5.74, 6) is -0.191. The number of carbonyl (C=O) groups excluding carboxylic acids is 1. The first-order chi connectivity index (χ1) is 11.1. The first-order valence-electron chi connectivity index (χ1n) is 8.60. The zero-order valence-corrected chi connectivity index (χ0v) is 14.1. The smallest absolute Gasteiger partial charge is 0.328 e. The fraction of sp³-hybridized carbons (Fsp3) is 0.611. The van der Waals surface area contributed by atoms with Crippen LogP contribution in [0.25, 0.3) is 0 Å². The normalized spacial score (nSPS) is 16.9. The number of hydrogen-bond donors (Lipinski definition) is 2. The maximum absolute atomic E-state index is 12.0. The Hall–Kier alpha value is -1.75. The molecule has 1 aliphatic rings. The van der Waals surface area contributed by atoms with Gasteiger partial charge in [0.05, 0.1) is 12.7 Å². The van der Waals surface area contributed by atoms with Crippen LogP contribution < -0.4 is 10.2 Å². The number of benzene rings is 1. The Morgan fingerprint density at radius 2 is 1.96 bits per heavy atom. The van der Waals surface area contributed by atoms with Crippen LogP contribution in [0, 0.1) is 0 Å². The van der Waals surface area contributed by atoms with E-state index in [-0.39, 0.29) is 18.1 Å². The van der Waals surface area contributed by atoms with E-state index in [1.54, 1.807) is 0 Å². The fourth-order valence-corrected chi connectivity index (χ4v) is 2.87. The molecule has 0 spiro atoms. The largest absolute Gasteiger partial charge is 0.464 e. The summed E-state index contributed by atoms with van der Waals surface area (Å²) < 4.78 is 5.12. The average molecular weight is 320 g/mol. The van der Waals surface area contributed by atoms with Crippen molar-refractivity contribution in [2.75, 3.05) is 29.9 Å². The molecular weight excluding hydrogens is 292 g/mol. The highest BCUT2D eigenvalue weighted by Gasteiger charge is 2.19. The molecule has 0 radical (unpaired) electrons. The highest BCUT2D eigenvalue weighted by molar-refractivity contribution is 5.79. The van der Waals surface area contributed by atoms with Gasteiger partial charge < -0.3 is 20.1 Å². The molecule has 0 bridgehead atoms. The number of aliphatic hydroxyl groups is 1. The number of anilines is 2. The molecule has 1 fully saturated rings. The molecule has 1 unspecified atom stereocenters. The number of carbonyl (C=O) groups is 1. The summed E-state index contributed by atoms with van der Waals surface area (Å²) in [6, 6.07) is 7.84. The molecule has 1 heterocycles. The summed E-state index contributed by atoms with van der Waals surface area (Å²) in [4.78, 5) is 14.2. The lowest BCUT2D eigenvalue weighted by atomic mass is 10.1. The predicted molar refractivity (Wildman–Crippen MR) is 92.8 cm³/mol. The topological polar surface area (TPSA) is 61.8 Å². The first kappa shape index (κ1) is 17.6. The maximum atomic E-state index is 12.0. The van der Waals surface area contributed by atoms with Crippen molar-refractivity contribution in [3.8, 4) is 0 Å². The number of aliphatic hydroxyl groups excluding tert-OH is 1. The van der Waals surface area contributed by atoms with Crippen molar-refractivity contribution in [2.24, 2.45) is 0 Å².